The molecular formula is C28H37FN4O4. The third-order valence-electron chi connectivity index (χ3n) is 7.42. The summed E-state index contributed by atoms with van der Waals surface area (Å²) in [6, 6.07) is 11.9. The highest BCUT2D eigenvalue weighted by molar-refractivity contribution is 5.93. The zero-order valence-corrected chi connectivity index (χ0v) is 22.1. The first-order valence-corrected chi connectivity index (χ1v) is 12.7. The van der Waals surface area contributed by atoms with Crippen molar-refractivity contribution in [2.45, 2.75) is 25.4 Å². The van der Waals surface area contributed by atoms with Crippen LogP contribution in [0.2, 0.25) is 0 Å². The minimum atomic E-state index is -0.375. The summed E-state index contributed by atoms with van der Waals surface area (Å²) in [5, 5.41) is 2.91. The standard InChI is InChI=1S/C28H37FN4O4/c1-31(2)24-11-12-33(18-24)28(35)21-14-20(27(34)30-23-8-6-22(29)7-9-23)16-32(17-21)15-19-5-10-25(36-3)26(13-19)37-4/h5-10,13,20-21,24H,11-12,14-18H2,1-4H3,(H,30,34)/t20-,21+,24?/m1/s1. The van der Waals surface area contributed by atoms with Gasteiger partial charge in [-0.3, -0.25) is 14.5 Å². The van der Waals surface area contributed by atoms with Gasteiger partial charge in [0.05, 0.1) is 26.1 Å². The van der Waals surface area contributed by atoms with Crippen molar-refractivity contribution in [1.82, 2.24) is 14.7 Å². The minimum Gasteiger partial charge on any atom is -0.493 e. The van der Waals surface area contributed by atoms with Crippen molar-refractivity contribution in [2.75, 3.05) is 59.8 Å². The van der Waals surface area contributed by atoms with E-state index < -0.39 is 0 Å². The van der Waals surface area contributed by atoms with E-state index in [9.17, 15) is 14.0 Å². The van der Waals surface area contributed by atoms with Crippen LogP contribution in [0.15, 0.2) is 42.5 Å². The van der Waals surface area contributed by atoms with E-state index in [-0.39, 0.29) is 29.5 Å². The van der Waals surface area contributed by atoms with Gasteiger partial charge in [-0.25, -0.2) is 4.39 Å². The highest BCUT2D eigenvalue weighted by atomic mass is 19.1. The first-order valence-electron chi connectivity index (χ1n) is 12.7. The maximum absolute atomic E-state index is 13.6. The molecule has 2 amide bonds. The number of ether oxygens (including phenoxy) is 2. The van der Waals surface area contributed by atoms with E-state index in [4.69, 9.17) is 9.47 Å². The third-order valence-corrected chi connectivity index (χ3v) is 7.42. The number of nitrogens with one attached hydrogen (secondary N) is 1. The Morgan fingerprint density at radius 2 is 1.70 bits per heavy atom. The number of halogens is 1. The van der Waals surface area contributed by atoms with Crippen molar-refractivity contribution in [3.8, 4) is 11.5 Å². The lowest BCUT2D eigenvalue weighted by molar-refractivity contribution is -0.138. The molecule has 200 valence electrons. The van der Waals surface area contributed by atoms with E-state index in [0.29, 0.717) is 55.8 Å². The van der Waals surface area contributed by atoms with E-state index >= 15 is 0 Å². The monoisotopic (exact) mass is 512 g/mol. The van der Waals surface area contributed by atoms with Gasteiger partial charge in [0.25, 0.3) is 0 Å². The van der Waals surface area contributed by atoms with Crippen LogP contribution in [-0.2, 0) is 16.1 Å². The molecule has 2 aliphatic rings. The van der Waals surface area contributed by atoms with Gasteiger partial charge in [-0.05, 0) is 68.9 Å². The molecule has 37 heavy (non-hydrogen) atoms. The van der Waals surface area contributed by atoms with Gasteiger partial charge >= 0.3 is 0 Å². The number of hydrogen-bond acceptors (Lipinski definition) is 6. The molecule has 0 bridgehead atoms. The van der Waals surface area contributed by atoms with E-state index in [1.165, 1.54) is 12.1 Å². The van der Waals surface area contributed by atoms with Crippen LogP contribution in [0, 0.1) is 17.7 Å². The molecule has 2 aromatic carbocycles. The van der Waals surface area contributed by atoms with Gasteiger partial charge in [0.15, 0.2) is 11.5 Å². The number of likely N-dealkylation sites (N-methyl/N-ethyl adjacent to an activating group) is 1. The Bertz CT molecular complexity index is 1090. The van der Waals surface area contributed by atoms with E-state index in [2.05, 4.69) is 15.1 Å². The van der Waals surface area contributed by atoms with E-state index in [0.717, 1.165) is 18.5 Å². The predicted molar refractivity (Wildman–Crippen MR) is 140 cm³/mol. The molecule has 2 fully saturated rings. The van der Waals surface area contributed by atoms with Crippen LogP contribution >= 0.6 is 0 Å². The largest absolute Gasteiger partial charge is 0.493 e. The highest BCUT2D eigenvalue weighted by Gasteiger charge is 2.39. The summed E-state index contributed by atoms with van der Waals surface area (Å²) in [6.07, 6.45) is 1.44. The topological polar surface area (TPSA) is 74.4 Å². The van der Waals surface area contributed by atoms with E-state index in [1.54, 1.807) is 26.4 Å². The second-order valence-electron chi connectivity index (χ2n) is 10.2. The van der Waals surface area contributed by atoms with Crippen LogP contribution in [0.25, 0.3) is 0 Å². The smallest absolute Gasteiger partial charge is 0.228 e. The minimum absolute atomic E-state index is 0.112. The Kier molecular flexibility index (Phi) is 8.66. The molecule has 2 aliphatic heterocycles. The number of amides is 2. The fraction of sp³-hybridized carbons (Fsp3) is 0.500. The van der Waals surface area contributed by atoms with Crippen LogP contribution < -0.4 is 14.8 Å². The van der Waals surface area contributed by atoms with Gasteiger partial charge in [0, 0.05) is 44.5 Å². The number of rotatable bonds is 8. The van der Waals surface area contributed by atoms with Gasteiger partial charge in [0.2, 0.25) is 11.8 Å². The van der Waals surface area contributed by atoms with Crippen molar-refractivity contribution in [2.24, 2.45) is 11.8 Å². The molecule has 2 heterocycles. The van der Waals surface area contributed by atoms with E-state index in [1.807, 2.05) is 37.2 Å². The number of benzene rings is 2. The van der Waals surface area contributed by atoms with Crippen LogP contribution in [0.4, 0.5) is 10.1 Å². The Labute approximate surface area is 218 Å². The van der Waals surface area contributed by atoms with Crippen molar-refractivity contribution >= 4 is 17.5 Å². The lowest BCUT2D eigenvalue weighted by atomic mass is 9.87. The molecule has 0 spiro atoms. The van der Waals surface area contributed by atoms with Crippen molar-refractivity contribution in [1.29, 1.82) is 0 Å². The predicted octanol–water partition coefficient (Wildman–Crippen LogP) is 3.08. The summed E-state index contributed by atoms with van der Waals surface area (Å²) in [6.45, 7) is 3.12. The molecule has 8 nitrogen and oxygen atoms in total. The van der Waals surface area contributed by atoms with Crippen molar-refractivity contribution < 1.29 is 23.5 Å². The summed E-state index contributed by atoms with van der Waals surface area (Å²) in [4.78, 5) is 33.1. The molecule has 0 aliphatic carbocycles. The van der Waals surface area contributed by atoms with Crippen LogP contribution in [0.3, 0.4) is 0 Å². The fourth-order valence-corrected chi connectivity index (χ4v) is 5.32. The number of methoxy groups -OCH3 is 2. The number of likely N-dealkylation sites (tertiary alicyclic amines) is 2. The molecule has 0 saturated carbocycles. The quantitative estimate of drug-likeness (QED) is 0.586. The summed E-state index contributed by atoms with van der Waals surface area (Å²) >= 11 is 0. The molecule has 1 N–H and O–H groups in total. The summed E-state index contributed by atoms with van der Waals surface area (Å²) in [5.41, 5.74) is 1.55. The molecule has 2 saturated heterocycles. The van der Waals surface area contributed by atoms with Crippen molar-refractivity contribution in [3.05, 3.63) is 53.8 Å². The van der Waals surface area contributed by atoms with Crippen LogP contribution in [0.5, 0.6) is 11.5 Å². The average Bonchev–Trinajstić information content (AvgIpc) is 3.40. The molecule has 0 radical (unpaired) electrons. The zero-order chi connectivity index (χ0) is 26.5. The Balaban J connectivity index is 1.51. The first kappa shape index (κ1) is 26.9. The number of anilines is 1. The Morgan fingerprint density at radius 1 is 1.00 bits per heavy atom. The molecule has 2 aromatic rings. The number of nitrogens with zero attached hydrogens (tertiary/aromatic N) is 3. The second-order valence-corrected chi connectivity index (χ2v) is 10.2. The Hall–Kier alpha value is -3.17. The van der Waals surface area contributed by atoms with Gasteiger partial charge in [0.1, 0.15) is 5.82 Å². The lowest BCUT2D eigenvalue weighted by Crippen LogP contribution is -2.49. The lowest BCUT2D eigenvalue weighted by Gasteiger charge is -2.38. The molecule has 0 aromatic heterocycles. The van der Waals surface area contributed by atoms with Crippen LogP contribution in [-0.4, -0.2) is 87.0 Å². The SMILES string of the molecule is COc1ccc(CN2C[C@H](C(=O)Nc3ccc(F)cc3)C[C@H](C(=O)N3CCC(N(C)C)C3)C2)cc1OC. The average molecular weight is 513 g/mol. The zero-order valence-electron chi connectivity index (χ0n) is 22.1. The fourth-order valence-electron chi connectivity index (χ4n) is 5.32. The maximum atomic E-state index is 13.6. The molecule has 3 atom stereocenters. The normalized spacial score (nSPS) is 22.2. The molecule has 9 heteroatoms. The summed E-state index contributed by atoms with van der Waals surface area (Å²) in [7, 11) is 7.28. The number of carbonyl (C=O) groups is 2. The second kappa shape index (κ2) is 11.9. The van der Waals surface area contributed by atoms with Gasteiger partial charge in [-0.1, -0.05) is 6.07 Å². The molecule has 1 unspecified atom stereocenters. The molecular weight excluding hydrogens is 475 g/mol. The Morgan fingerprint density at radius 3 is 2.35 bits per heavy atom. The third kappa shape index (κ3) is 6.59. The summed E-state index contributed by atoms with van der Waals surface area (Å²) in [5.74, 6) is 0.235. The van der Waals surface area contributed by atoms with Gasteiger partial charge in [-0.2, -0.15) is 0 Å². The molecule has 4 rings (SSSR count). The number of piperidine rings is 1. The van der Waals surface area contributed by atoms with Crippen molar-refractivity contribution in [3.63, 3.8) is 0 Å². The first-order chi connectivity index (χ1) is 17.8. The summed E-state index contributed by atoms with van der Waals surface area (Å²) < 4.78 is 24.1. The van der Waals surface area contributed by atoms with Gasteiger partial charge in [-0.15, -0.1) is 0 Å². The maximum Gasteiger partial charge on any atom is 0.228 e. The number of hydrogen-bond donors (Lipinski definition) is 1. The highest BCUT2D eigenvalue weighted by Crippen LogP contribution is 2.31. The van der Waals surface area contributed by atoms with Crippen LogP contribution in [0.1, 0.15) is 18.4 Å². The van der Waals surface area contributed by atoms with Gasteiger partial charge < -0.3 is 24.6 Å². The number of carbonyl (C=O) groups excluding carboxylic acids is 2.